The van der Waals surface area contributed by atoms with E-state index in [4.69, 9.17) is 11.7 Å². The third-order valence-corrected chi connectivity index (χ3v) is 3.50. The molecule has 1 fully saturated rings. The second kappa shape index (κ2) is 7.30. The van der Waals surface area contributed by atoms with Crippen LogP contribution in [0.25, 0.3) is 10.9 Å². The molecule has 1 heterocycles. The summed E-state index contributed by atoms with van der Waals surface area (Å²) in [5.41, 5.74) is 1.94. The lowest BCUT2D eigenvalue weighted by Crippen LogP contribution is -2.29. The Hall–Kier alpha value is -2.54. The van der Waals surface area contributed by atoms with Crippen LogP contribution in [0.3, 0.4) is 0 Å². The topological polar surface area (TPSA) is 44.9 Å². The Kier molecular flexibility index (Phi) is 5.16. The van der Waals surface area contributed by atoms with Gasteiger partial charge in [-0.05, 0) is 43.0 Å². The van der Waals surface area contributed by atoms with Crippen LogP contribution in [0.4, 0.5) is 5.69 Å². The van der Waals surface area contributed by atoms with E-state index in [9.17, 15) is 4.79 Å². The van der Waals surface area contributed by atoms with Crippen LogP contribution in [-0.4, -0.2) is 24.2 Å². The summed E-state index contributed by atoms with van der Waals surface area (Å²) in [6, 6.07) is 8.18. The fourth-order valence-electron chi connectivity index (χ4n) is 2.36. The first-order valence-corrected chi connectivity index (χ1v) is 7.05. The maximum Gasteiger partial charge on any atom is 0.333 e. The molecule has 1 N–H and O–H groups in total. The highest BCUT2D eigenvalue weighted by Crippen LogP contribution is 2.20. The number of hydrogen-bond donors (Lipinski definition) is 1. The minimum atomic E-state index is -1.20. The molecule has 4 nitrogen and oxygen atoms in total. The molecule has 2 rings (SSSR count). The average molecular weight is 282 g/mol. The first-order valence-electron chi connectivity index (χ1n) is 7.05. The summed E-state index contributed by atoms with van der Waals surface area (Å²) in [5, 5.41) is 8.73. The lowest BCUT2D eigenvalue weighted by Gasteiger charge is -2.28. The van der Waals surface area contributed by atoms with Crippen LogP contribution in [0.15, 0.2) is 42.1 Å². The Morgan fingerprint density at radius 1 is 1.19 bits per heavy atom. The Balaban J connectivity index is 2.02. The second-order valence-corrected chi connectivity index (χ2v) is 4.97. The van der Waals surface area contributed by atoms with Crippen molar-refractivity contribution in [1.29, 1.82) is 0 Å². The van der Waals surface area contributed by atoms with Crippen LogP contribution < -0.4 is 4.90 Å². The van der Waals surface area contributed by atoms with Gasteiger partial charge < -0.3 is 10.0 Å². The van der Waals surface area contributed by atoms with Crippen molar-refractivity contribution in [2.45, 2.75) is 19.3 Å². The number of hydrogen-bond acceptors (Lipinski definition) is 2. The highest BCUT2D eigenvalue weighted by Gasteiger charge is 2.10. The van der Waals surface area contributed by atoms with E-state index in [1.807, 2.05) is 12.1 Å². The highest BCUT2D eigenvalue weighted by molar-refractivity contribution is 5.89. The molecule has 0 spiro atoms. The van der Waals surface area contributed by atoms with E-state index in [1.54, 1.807) is 12.2 Å². The zero-order chi connectivity index (χ0) is 15.1. The van der Waals surface area contributed by atoms with Gasteiger partial charge in [0.1, 0.15) is 0 Å². The predicted molar refractivity (Wildman–Crippen MR) is 83.9 cm³/mol. The standard InChI is InChI=1S/C17H18N2O2/c1-18-16(17(20)21)7-5-6-14-8-10-15(11-9-14)19-12-3-2-4-13-19/h5-11H,2-4,12-13H2,(H,20,21). The molecule has 1 aromatic carbocycles. The van der Waals surface area contributed by atoms with Crippen LogP contribution in [0.1, 0.15) is 24.8 Å². The van der Waals surface area contributed by atoms with E-state index in [-0.39, 0.29) is 5.70 Å². The van der Waals surface area contributed by atoms with E-state index in [0.29, 0.717) is 0 Å². The van der Waals surface area contributed by atoms with Crippen LogP contribution in [0.5, 0.6) is 0 Å². The van der Waals surface area contributed by atoms with E-state index in [0.717, 1.165) is 18.7 Å². The average Bonchev–Trinajstić information content (AvgIpc) is 2.53. The van der Waals surface area contributed by atoms with Gasteiger partial charge in [-0.3, -0.25) is 4.79 Å². The third kappa shape index (κ3) is 4.22. The summed E-state index contributed by atoms with van der Waals surface area (Å²) >= 11 is 0. The SMILES string of the molecule is [C-]#[N+]C(=CC=Cc1ccc(N2CCCCC2)cc1)C(=O)O. The molecular weight excluding hydrogens is 264 g/mol. The molecule has 1 aliphatic rings. The lowest BCUT2D eigenvalue weighted by molar-refractivity contribution is -0.132. The maximum atomic E-state index is 10.7. The van der Waals surface area contributed by atoms with Crippen LogP contribution in [0.2, 0.25) is 0 Å². The summed E-state index contributed by atoms with van der Waals surface area (Å²) in [4.78, 5) is 16.0. The summed E-state index contributed by atoms with van der Waals surface area (Å²) in [6.45, 7) is 8.98. The number of carboxylic acids is 1. The second-order valence-electron chi connectivity index (χ2n) is 4.97. The number of nitrogens with zero attached hydrogens (tertiary/aromatic N) is 2. The maximum absolute atomic E-state index is 10.7. The van der Waals surface area contributed by atoms with E-state index < -0.39 is 5.97 Å². The number of carboxylic acid groups (broad SMARTS) is 1. The minimum Gasteiger partial charge on any atom is -0.486 e. The molecule has 108 valence electrons. The van der Waals surface area contributed by atoms with Crippen molar-refractivity contribution in [2.75, 3.05) is 18.0 Å². The van der Waals surface area contributed by atoms with E-state index >= 15 is 0 Å². The Bertz CT molecular complexity index is 588. The van der Waals surface area contributed by atoms with E-state index in [1.165, 1.54) is 31.0 Å². The van der Waals surface area contributed by atoms with Crippen molar-refractivity contribution in [2.24, 2.45) is 0 Å². The van der Waals surface area contributed by atoms with Crippen molar-refractivity contribution >= 4 is 17.7 Å². The molecule has 4 heteroatoms. The Morgan fingerprint density at radius 3 is 2.43 bits per heavy atom. The van der Waals surface area contributed by atoms with Gasteiger partial charge in [0, 0.05) is 18.8 Å². The molecule has 0 amide bonds. The summed E-state index contributed by atoms with van der Waals surface area (Å²) in [5.74, 6) is -1.20. The van der Waals surface area contributed by atoms with Gasteiger partial charge in [0.05, 0.1) is 6.57 Å². The quantitative estimate of drug-likeness (QED) is 0.521. The first kappa shape index (κ1) is 14.9. The predicted octanol–water partition coefficient (Wildman–Crippen LogP) is 3.58. The molecule has 0 atom stereocenters. The number of rotatable bonds is 4. The number of carbonyl (C=O) groups is 1. The van der Waals surface area contributed by atoms with Gasteiger partial charge in [0.2, 0.25) is 0 Å². The van der Waals surface area contributed by atoms with Gasteiger partial charge in [-0.1, -0.05) is 24.3 Å². The summed E-state index contributed by atoms with van der Waals surface area (Å²) in [7, 11) is 0. The number of allylic oxidation sites excluding steroid dienone is 2. The van der Waals surface area contributed by atoms with Crippen molar-refractivity contribution in [1.82, 2.24) is 0 Å². The number of anilines is 1. The number of benzene rings is 1. The molecule has 1 saturated heterocycles. The van der Waals surface area contributed by atoms with Crippen molar-refractivity contribution in [3.05, 3.63) is 59.1 Å². The summed E-state index contributed by atoms with van der Waals surface area (Å²) in [6.07, 6.45) is 8.53. The van der Waals surface area contributed by atoms with Crippen LogP contribution in [0, 0.1) is 6.57 Å². The minimum absolute atomic E-state index is 0.281. The van der Waals surface area contributed by atoms with Gasteiger partial charge in [-0.2, -0.15) is 0 Å². The van der Waals surface area contributed by atoms with Gasteiger partial charge in [0.15, 0.2) is 0 Å². The van der Waals surface area contributed by atoms with Gasteiger partial charge in [-0.15, -0.1) is 0 Å². The molecule has 0 bridgehead atoms. The van der Waals surface area contributed by atoms with Crippen molar-refractivity contribution < 1.29 is 9.90 Å². The molecule has 0 saturated carbocycles. The van der Waals surface area contributed by atoms with Crippen LogP contribution in [-0.2, 0) is 4.79 Å². The fraction of sp³-hybridized carbons (Fsp3) is 0.294. The van der Waals surface area contributed by atoms with Crippen LogP contribution >= 0.6 is 0 Å². The van der Waals surface area contributed by atoms with E-state index in [2.05, 4.69) is 21.9 Å². The van der Waals surface area contributed by atoms with Crippen molar-refractivity contribution in [3.63, 3.8) is 0 Å². The Morgan fingerprint density at radius 2 is 1.86 bits per heavy atom. The fourth-order valence-corrected chi connectivity index (χ4v) is 2.36. The third-order valence-electron chi connectivity index (χ3n) is 3.50. The molecule has 21 heavy (non-hydrogen) atoms. The van der Waals surface area contributed by atoms with Crippen molar-refractivity contribution in [3.8, 4) is 0 Å². The molecule has 0 radical (unpaired) electrons. The molecule has 1 aromatic rings. The monoisotopic (exact) mass is 282 g/mol. The smallest absolute Gasteiger partial charge is 0.333 e. The van der Waals surface area contributed by atoms with Gasteiger partial charge in [-0.25, -0.2) is 4.85 Å². The number of aliphatic carboxylic acids is 1. The molecule has 0 aromatic heterocycles. The molecule has 0 unspecified atom stereocenters. The lowest BCUT2D eigenvalue weighted by atomic mass is 10.1. The van der Waals surface area contributed by atoms with Gasteiger partial charge >= 0.3 is 5.97 Å². The molecular formula is C17H18N2O2. The summed E-state index contributed by atoms with van der Waals surface area (Å²) < 4.78 is 0. The molecule has 0 aliphatic carbocycles. The molecule has 1 aliphatic heterocycles. The van der Waals surface area contributed by atoms with Gasteiger partial charge in [0.25, 0.3) is 5.70 Å². The Labute approximate surface area is 124 Å². The highest BCUT2D eigenvalue weighted by atomic mass is 16.4. The first-order chi connectivity index (χ1) is 10.2. The zero-order valence-corrected chi connectivity index (χ0v) is 11.8. The largest absolute Gasteiger partial charge is 0.486 e. The number of piperidine rings is 1. The zero-order valence-electron chi connectivity index (χ0n) is 11.8. The normalized spacial score (nSPS) is 16.0.